The van der Waals surface area contributed by atoms with Gasteiger partial charge in [-0.3, -0.25) is 4.79 Å². The summed E-state index contributed by atoms with van der Waals surface area (Å²) < 4.78 is 0. The minimum absolute atomic E-state index is 0.333. The molecule has 0 amide bonds. The Morgan fingerprint density at radius 2 is 2.00 bits per heavy atom. The molecule has 0 fully saturated rings. The molecule has 1 atom stereocenters. The molecular weight excluding hydrogens is 112 g/mol. The van der Waals surface area contributed by atoms with E-state index in [1.165, 1.54) is 5.57 Å². The third-order valence-electron chi connectivity index (χ3n) is 2.24. The van der Waals surface area contributed by atoms with Crippen LogP contribution >= 0.6 is 0 Å². The van der Waals surface area contributed by atoms with Crippen LogP contribution in [0.3, 0.4) is 0 Å². The normalized spacial score (nSPS) is 27.9. The van der Waals surface area contributed by atoms with Gasteiger partial charge in [-0.15, -0.1) is 0 Å². The smallest absolute Gasteiger partial charge is 0.159 e. The van der Waals surface area contributed by atoms with Crippen molar-refractivity contribution in [1.29, 1.82) is 0 Å². The first-order chi connectivity index (χ1) is 4.13. The highest BCUT2D eigenvalue weighted by molar-refractivity contribution is 5.98. The molecule has 0 aromatic rings. The molecule has 0 saturated carbocycles. The predicted molar refractivity (Wildman–Crippen MR) is 37.2 cm³/mol. The van der Waals surface area contributed by atoms with Gasteiger partial charge in [-0.05, 0) is 25.3 Å². The second-order valence-electron chi connectivity index (χ2n) is 2.84. The number of allylic oxidation sites excluding steroid dienone is 2. The van der Waals surface area contributed by atoms with E-state index in [1.807, 2.05) is 13.8 Å². The van der Waals surface area contributed by atoms with Gasteiger partial charge in [-0.25, -0.2) is 0 Å². The molecular formula is C8H12O. The van der Waals surface area contributed by atoms with Gasteiger partial charge in [0.1, 0.15) is 0 Å². The Bertz CT molecular complexity index is 177. The lowest BCUT2D eigenvalue weighted by molar-refractivity contribution is -0.115. The van der Waals surface area contributed by atoms with Crippen molar-refractivity contribution >= 4 is 5.78 Å². The van der Waals surface area contributed by atoms with Crippen molar-refractivity contribution < 1.29 is 4.79 Å². The molecule has 0 spiro atoms. The summed E-state index contributed by atoms with van der Waals surface area (Å²) in [5.74, 6) is 0.831. The average molecular weight is 124 g/mol. The summed E-state index contributed by atoms with van der Waals surface area (Å²) in [5.41, 5.74) is 2.27. The molecule has 0 aromatic carbocycles. The lowest BCUT2D eigenvalue weighted by Gasteiger charge is -1.98. The minimum Gasteiger partial charge on any atom is -0.295 e. The first kappa shape index (κ1) is 6.53. The third-order valence-corrected chi connectivity index (χ3v) is 2.24. The zero-order chi connectivity index (χ0) is 7.02. The van der Waals surface area contributed by atoms with Crippen molar-refractivity contribution in [1.82, 2.24) is 0 Å². The predicted octanol–water partition coefficient (Wildman–Crippen LogP) is 1.93. The Kier molecular flexibility index (Phi) is 1.43. The summed E-state index contributed by atoms with van der Waals surface area (Å²) in [6, 6.07) is 0. The van der Waals surface area contributed by atoms with Gasteiger partial charge in [0.2, 0.25) is 0 Å². The van der Waals surface area contributed by atoms with Gasteiger partial charge in [-0.1, -0.05) is 12.5 Å². The second-order valence-corrected chi connectivity index (χ2v) is 2.84. The Balaban J connectivity index is 2.92. The molecule has 0 heterocycles. The Morgan fingerprint density at radius 1 is 1.44 bits per heavy atom. The maximum Gasteiger partial charge on any atom is 0.159 e. The van der Waals surface area contributed by atoms with Gasteiger partial charge in [0.05, 0.1) is 0 Å². The van der Waals surface area contributed by atoms with E-state index in [1.54, 1.807) is 0 Å². The fourth-order valence-corrected chi connectivity index (χ4v) is 1.17. The van der Waals surface area contributed by atoms with E-state index in [0.717, 1.165) is 12.0 Å². The van der Waals surface area contributed by atoms with Crippen LogP contribution in [0.5, 0.6) is 0 Å². The molecule has 0 radical (unpaired) electrons. The number of hydrogen-bond donors (Lipinski definition) is 0. The van der Waals surface area contributed by atoms with Gasteiger partial charge < -0.3 is 0 Å². The number of ketones is 1. The van der Waals surface area contributed by atoms with Crippen LogP contribution in [-0.4, -0.2) is 5.78 Å². The lowest BCUT2D eigenvalue weighted by Crippen LogP contribution is -1.93. The summed E-state index contributed by atoms with van der Waals surface area (Å²) in [6.45, 7) is 6.07. The number of Topliss-reactive ketones (excluding diaryl/α,β-unsaturated/α-hetero) is 1. The molecule has 0 aromatic heterocycles. The van der Waals surface area contributed by atoms with Gasteiger partial charge in [-0.2, -0.15) is 0 Å². The van der Waals surface area contributed by atoms with Crippen molar-refractivity contribution in [2.75, 3.05) is 0 Å². The Morgan fingerprint density at radius 3 is 2.11 bits per heavy atom. The fraction of sp³-hybridized carbons (Fsp3) is 0.625. The van der Waals surface area contributed by atoms with Gasteiger partial charge in [0.25, 0.3) is 0 Å². The molecule has 50 valence electrons. The van der Waals surface area contributed by atoms with E-state index < -0.39 is 0 Å². The highest BCUT2D eigenvalue weighted by Crippen LogP contribution is 2.27. The minimum atomic E-state index is 0.333. The van der Waals surface area contributed by atoms with Gasteiger partial charge >= 0.3 is 0 Å². The number of carbonyl (C=O) groups is 1. The molecule has 1 aliphatic rings. The van der Waals surface area contributed by atoms with E-state index in [0.29, 0.717) is 11.7 Å². The van der Waals surface area contributed by atoms with Crippen molar-refractivity contribution in [3.05, 3.63) is 11.1 Å². The monoisotopic (exact) mass is 124 g/mol. The third kappa shape index (κ3) is 0.913. The average Bonchev–Trinajstić information content (AvgIpc) is 1.98. The van der Waals surface area contributed by atoms with Crippen LogP contribution < -0.4 is 0 Å². The summed E-state index contributed by atoms with van der Waals surface area (Å²) in [5, 5.41) is 0. The van der Waals surface area contributed by atoms with Crippen LogP contribution in [0.1, 0.15) is 27.2 Å². The molecule has 1 aliphatic carbocycles. The number of rotatable bonds is 0. The summed E-state index contributed by atoms with van der Waals surface area (Å²) in [4.78, 5) is 10.9. The summed E-state index contributed by atoms with van der Waals surface area (Å²) in [7, 11) is 0. The molecule has 9 heavy (non-hydrogen) atoms. The van der Waals surface area contributed by atoms with Crippen LogP contribution in [-0.2, 0) is 4.79 Å². The van der Waals surface area contributed by atoms with E-state index in [9.17, 15) is 4.79 Å². The van der Waals surface area contributed by atoms with Gasteiger partial charge in [0, 0.05) is 6.42 Å². The van der Waals surface area contributed by atoms with E-state index in [4.69, 9.17) is 0 Å². The van der Waals surface area contributed by atoms with Crippen LogP contribution in [0, 0.1) is 5.92 Å². The van der Waals surface area contributed by atoms with E-state index in [2.05, 4.69) is 6.92 Å². The fourth-order valence-electron chi connectivity index (χ4n) is 1.17. The first-order valence-corrected chi connectivity index (χ1v) is 3.33. The molecule has 1 rings (SSSR count). The summed E-state index contributed by atoms with van der Waals surface area (Å²) >= 11 is 0. The van der Waals surface area contributed by atoms with Crippen LogP contribution in [0.2, 0.25) is 0 Å². The van der Waals surface area contributed by atoms with E-state index in [-0.39, 0.29) is 0 Å². The SMILES string of the molecule is CC1=C(C)[C@H](C)CC1=O. The largest absolute Gasteiger partial charge is 0.295 e. The Labute approximate surface area is 55.8 Å². The van der Waals surface area contributed by atoms with E-state index >= 15 is 0 Å². The number of carbonyl (C=O) groups excluding carboxylic acids is 1. The zero-order valence-corrected chi connectivity index (χ0v) is 6.19. The highest BCUT2D eigenvalue weighted by Gasteiger charge is 2.22. The Hall–Kier alpha value is -0.590. The van der Waals surface area contributed by atoms with Crippen LogP contribution in [0.25, 0.3) is 0 Å². The molecule has 0 bridgehead atoms. The van der Waals surface area contributed by atoms with Crippen molar-refractivity contribution in [3.8, 4) is 0 Å². The maximum absolute atomic E-state index is 10.9. The van der Waals surface area contributed by atoms with Crippen molar-refractivity contribution in [2.45, 2.75) is 27.2 Å². The van der Waals surface area contributed by atoms with Crippen molar-refractivity contribution in [3.63, 3.8) is 0 Å². The molecule has 0 unspecified atom stereocenters. The maximum atomic E-state index is 10.9. The zero-order valence-electron chi connectivity index (χ0n) is 6.19. The summed E-state index contributed by atoms with van der Waals surface area (Å²) in [6.07, 6.45) is 0.734. The lowest BCUT2D eigenvalue weighted by atomic mass is 10.1. The molecule has 0 aliphatic heterocycles. The molecule has 1 heteroatoms. The second kappa shape index (κ2) is 1.98. The van der Waals surface area contributed by atoms with Gasteiger partial charge in [0.15, 0.2) is 5.78 Å². The number of hydrogen-bond acceptors (Lipinski definition) is 1. The molecule has 0 N–H and O–H groups in total. The topological polar surface area (TPSA) is 17.1 Å². The van der Waals surface area contributed by atoms with Crippen LogP contribution in [0.4, 0.5) is 0 Å². The molecule has 0 saturated heterocycles. The standard InChI is InChI=1S/C8H12O/c1-5-4-8(9)7(3)6(5)2/h5H,4H2,1-3H3/t5-/m1/s1. The highest BCUT2D eigenvalue weighted by atomic mass is 16.1. The quantitative estimate of drug-likeness (QED) is 0.482. The molecule has 1 nitrogen and oxygen atoms in total. The van der Waals surface area contributed by atoms with Crippen LogP contribution in [0.15, 0.2) is 11.1 Å². The first-order valence-electron chi connectivity index (χ1n) is 3.33. The van der Waals surface area contributed by atoms with Crippen molar-refractivity contribution in [2.24, 2.45) is 5.92 Å².